The van der Waals surface area contributed by atoms with E-state index in [0.29, 0.717) is 11.3 Å². The van der Waals surface area contributed by atoms with Crippen LogP contribution in [0.4, 0.5) is 13.2 Å². The minimum atomic E-state index is -5.53. The molecule has 0 saturated carbocycles. The van der Waals surface area contributed by atoms with Crippen LogP contribution in [0.15, 0.2) is 77.1 Å². The highest BCUT2D eigenvalue weighted by Gasteiger charge is 2.46. The zero-order chi connectivity index (χ0) is 23.1. The summed E-state index contributed by atoms with van der Waals surface area (Å²) in [6, 6.07) is 6.85. The van der Waals surface area contributed by atoms with Crippen LogP contribution in [-0.4, -0.2) is 42.9 Å². The highest BCUT2D eigenvalue weighted by atomic mass is 32.2. The van der Waals surface area contributed by atoms with Gasteiger partial charge >= 0.3 is 11.2 Å². The topological polar surface area (TPSA) is 112 Å². The first-order valence-electron chi connectivity index (χ1n) is 8.95. The number of nitrogens with zero attached hydrogens (tertiary/aromatic N) is 5. The number of pyridine rings is 1. The summed E-state index contributed by atoms with van der Waals surface area (Å²) in [4.78, 5) is 15.9. The van der Waals surface area contributed by atoms with E-state index >= 15 is 0 Å². The van der Waals surface area contributed by atoms with Gasteiger partial charge in [-0.1, -0.05) is 0 Å². The molecule has 3 aromatic heterocycles. The molecule has 0 bridgehead atoms. The van der Waals surface area contributed by atoms with E-state index in [4.69, 9.17) is 0 Å². The van der Waals surface area contributed by atoms with Gasteiger partial charge in [0, 0.05) is 24.2 Å². The van der Waals surface area contributed by atoms with Crippen LogP contribution in [-0.2, 0) is 16.4 Å². The second-order valence-corrected chi connectivity index (χ2v) is 8.57. The number of imidazole rings is 1. The second-order valence-electron chi connectivity index (χ2n) is 6.63. The predicted octanol–water partition coefficient (Wildman–Crippen LogP) is 2.27. The fraction of sp³-hybridized carbons (Fsp3) is 0.105. The Kier molecular flexibility index (Phi) is 5.12. The van der Waals surface area contributed by atoms with E-state index < -0.39 is 31.8 Å². The van der Waals surface area contributed by atoms with Gasteiger partial charge in [-0.25, -0.2) is 22.5 Å². The molecule has 0 aliphatic rings. The smallest absolute Gasteiger partial charge is 0.493 e. The third-order valence-corrected chi connectivity index (χ3v) is 6.13. The number of aromatic hydroxyl groups is 1. The van der Waals surface area contributed by atoms with E-state index in [0.717, 1.165) is 35.0 Å². The van der Waals surface area contributed by atoms with Crippen molar-refractivity contribution in [2.75, 3.05) is 0 Å². The monoisotopic (exact) mass is 465 g/mol. The molecule has 0 fully saturated rings. The van der Waals surface area contributed by atoms with Crippen LogP contribution in [0.1, 0.15) is 5.56 Å². The maximum absolute atomic E-state index is 12.9. The van der Waals surface area contributed by atoms with Crippen molar-refractivity contribution in [1.82, 2.24) is 23.9 Å². The number of sulfone groups is 1. The fourth-order valence-corrected chi connectivity index (χ4v) is 3.85. The van der Waals surface area contributed by atoms with Crippen LogP contribution in [0.3, 0.4) is 0 Å². The molecular formula is C19H14F3N5O4S. The van der Waals surface area contributed by atoms with Crippen molar-refractivity contribution in [3.8, 4) is 17.3 Å². The molecule has 1 N–H and O–H groups in total. The fourth-order valence-electron chi connectivity index (χ4n) is 3.09. The van der Waals surface area contributed by atoms with Crippen molar-refractivity contribution in [2.24, 2.45) is 0 Å². The largest absolute Gasteiger partial charge is 0.501 e. The third-order valence-electron chi connectivity index (χ3n) is 4.63. The van der Waals surface area contributed by atoms with Crippen molar-refractivity contribution >= 4 is 9.84 Å². The van der Waals surface area contributed by atoms with Gasteiger partial charge in [0.2, 0.25) is 5.88 Å². The third kappa shape index (κ3) is 3.66. The van der Waals surface area contributed by atoms with Gasteiger partial charge < -0.3 is 5.11 Å². The minimum absolute atomic E-state index is 0.00518. The molecule has 4 aromatic rings. The van der Waals surface area contributed by atoms with Crippen molar-refractivity contribution < 1.29 is 26.7 Å². The summed E-state index contributed by atoms with van der Waals surface area (Å²) in [5.74, 6) is -0.476. The molecule has 1 aromatic carbocycles. The Morgan fingerprint density at radius 3 is 2.41 bits per heavy atom. The number of hydrogen-bond donors (Lipinski definition) is 1. The molecular weight excluding hydrogens is 451 g/mol. The Bertz CT molecular complexity index is 1420. The maximum Gasteiger partial charge on any atom is 0.501 e. The molecule has 3 heterocycles. The van der Waals surface area contributed by atoms with E-state index in [2.05, 4.69) is 10.1 Å². The van der Waals surface area contributed by atoms with Crippen LogP contribution in [0, 0.1) is 0 Å². The van der Waals surface area contributed by atoms with Gasteiger partial charge in [0.15, 0.2) is 0 Å². The van der Waals surface area contributed by atoms with Gasteiger partial charge in [-0.2, -0.15) is 18.3 Å². The highest BCUT2D eigenvalue weighted by Crippen LogP contribution is 2.30. The molecule has 0 amide bonds. The van der Waals surface area contributed by atoms with Gasteiger partial charge in [-0.05, 0) is 36.4 Å². The quantitative estimate of drug-likeness (QED) is 0.484. The first kappa shape index (κ1) is 21.4. The standard InChI is InChI=1S/C19H14F3N5O4S/c20-19(21,22)32(30,31)15-4-2-14(3-5-15)27-17(28)12-25(18(27)29)11-13-6-8-23-10-16(13)26-9-1-7-24-26/h1-10,12,28H,11H2. The Hall–Kier alpha value is -3.87. The molecule has 0 aliphatic carbocycles. The van der Waals surface area contributed by atoms with E-state index in [-0.39, 0.29) is 12.2 Å². The van der Waals surface area contributed by atoms with E-state index in [9.17, 15) is 31.5 Å². The zero-order valence-corrected chi connectivity index (χ0v) is 16.8. The molecule has 166 valence electrons. The minimum Gasteiger partial charge on any atom is -0.493 e. The molecule has 13 heteroatoms. The van der Waals surface area contributed by atoms with Crippen molar-refractivity contribution in [2.45, 2.75) is 16.9 Å². The van der Waals surface area contributed by atoms with Gasteiger partial charge in [0.1, 0.15) is 0 Å². The molecule has 0 saturated heterocycles. The lowest BCUT2D eigenvalue weighted by molar-refractivity contribution is -0.0436. The Morgan fingerprint density at radius 2 is 1.78 bits per heavy atom. The number of aromatic nitrogens is 5. The summed E-state index contributed by atoms with van der Waals surface area (Å²) in [5.41, 5.74) is -4.87. The van der Waals surface area contributed by atoms with Gasteiger partial charge in [-0.3, -0.25) is 9.55 Å². The number of halogens is 3. The lowest BCUT2D eigenvalue weighted by Crippen LogP contribution is -2.25. The molecule has 0 spiro atoms. The van der Waals surface area contributed by atoms with Crippen LogP contribution in [0.5, 0.6) is 5.88 Å². The SMILES string of the molecule is O=c1n(Cc2ccncc2-n2cccn2)cc(O)n1-c1ccc(S(=O)(=O)C(F)(F)F)cc1. The van der Waals surface area contributed by atoms with E-state index in [1.54, 1.807) is 35.4 Å². The molecule has 9 nitrogen and oxygen atoms in total. The molecule has 0 atom stereocenters. The first-order chi connectivity index (χ1) is 15.1. The zero-order valence-electron chi connectivity index (χ0n) is 16.0. The summed E-state index contributed by atoms with van der Waals surface area (Å²) in [6.07, 6.45) is 7.53. The van der Waals surface area contributed by atoms with Gasteiger partial charge in [0.05, 0.1) is 35.2 Å². The number of rotatable bonds is 5. The summed E-state index contributed by atoms with van der Waals surface area (Å²) >= 11 is 0. The van der Waals surface area contributed by atoms with Gasteiger partial charge in [-0.15, -0.1) is 0 Å². The van der Waals surface area contributed by atoms with Crippen LogP contribution in [0.2, 0.25) is 0 Å². The van der Waals surface area contributed by atoms with Crippen LogP contribution < -0.4 is 5.69 Å². The van der Waals surface area contributed by atoms with Crippen LogP contribution in [0.25, 0.3) is 11.4 Å². The second kappa shape index (κ2) is 7.67. The number of benzene rings is 1. The number of alkyl halides is 3. The molecule has 0 aliphatic heterocycles. The average Bonchev–Trinajstić information content (AvgIpc) is 3.36. The first-order valence-corrected chi connectivity index (χ1v) is 10.4. The summed E-state index contributed by atoms with van der Waals surface area (Å²) in [7, 11) is -5.53. The average molecular weight is 465 g/mol. The molecule has 4 rings (SSSR count). The summed E-state index contributed by atoms with van der Waals surface area (Å²) in [5, 5.41) is 14.4. The summed E-state index contributed by atoms with van der Waals surface area (Å²) in [6.45, 7) is 0.0393. The Labute approximate surface area is 178 Å². The van der Waals surface area contributed by atoms with Gasteiger partial charge in [0.25, 0.3) is 9.84 Å². The maximum atomic E-state index is 12.9. The van der Waals surface area contributed by atoms with E-state index in [1.807, 2.05) is 0 Å². The number of hydrogen-bond acceptors (Lipinski definition) is 6. The Balaban J connectivity index is 1.69. The molecule has 32 heavy (non-hydrogen) atoms. The highest BCUT2D eigenvalue weighted by molar-refractivity contribution is 7.92. The Morgan fingerprint density at radius 1 is 1.06 bits per heavy atom. The van der Waals surface area contributed by atoms with Crippen molar-refractivity contribution in [3.63, 3.8) is 0 Å². The molecule has 0 radical (unpaired) electrons. The summed E-state index contributed by atoms with van der Waals surface area (Å²) < 4.78 is 64.8. The predicted molar refractivity (Wildman–Crippen MR) is 105 cm³/mol. The van der Waals surface area contributed by atoms with Crippen molar-refractivity contribution in [3.05, 3.63) is 83.4 Å². The normalized spacial score (nSPS) is 12.2. The lowest BCUT2D eigenvalue weighted by Gasteiger charge is -2.10. The lowest BCUT2D eigenvalue weighted by atomic mass is 10.2. The van der Waals surface area contributed by atoms with E-state index in [1.165, 1.54) is 10.8 Å². The van der Waals surface area contributed by atoms with Crippen LogP contribution >= 0.6 is 0 Å². The molecule has 0 unspecified atom stereocenters. The van der Waals surface area contributed by atoms with Crippen molar-refractivity contribution in [1.29, 1.82) is 0 Å².